The number of hydrogen-bond acceptors (Lipinski definition) is 2. The highest BCUT2D eigenvalue weighted by Crippen LogP contribution is 2.41. The number of rotatable bonds is 4. The topological polar surface area (TPSA) is 26.3 Å². The van der Waals surface area contributed by atoms with Crippen LogP contribution in [0.25, 0.3) is 0 Å². The van der Waals surface area contributed by atoms with Crippen LogP contribution in [-0.2, 0) is 0 Å². The van der Waals surface area contributed by atoms with Gasteiger partial charge in [-0.3, -0.25) is 4.79 Å². The van der Waals surface area contributed by atoms with E-state index in [0.29, 0.717) is 12.5 Å². The van der Waals surface area contributed by atoms with E-state index in [1.165, 1.54) is 0 Å². The zero-order valence-corrected chi connectivity index (χ0v) is 11.1. The second kappa shape index (κ2) is 4.58. The van der Waals surface area contributed by atoms with Gasteiger partial charge >= 0.3 is 0 Å². The van der Waals surface area contributed by atoms with E-state index in [1.807, 2.05) is 25.1 Å². The third-order valence-corrected chi connectivity index (χ3v) is 3.58. The molecule has 86 valence electrons. The molecule has 2 nitrogen and oxygen atoms in total. The third-order valence-electron chi connectivity index (χ3n) is 2.96. The summed E-state index contributed by atoms with van der Waals surface area (Å²) in [7, 11) is 0. The summed E-state index contributed by atoms with van der Waals surface area (Å²) < 4.78 is 6.27. The van der Waals surface area contributed by atoms with Crippen molar-refractivity contribution in [3.05, 3.63) is 28.2 Å². The summed E-state index contributed by atoms with van der Waals surface area (Å²) in [6.45, 7) is 4.69. The van der Waals surface area contributed by atoms with Crippen molar-refractivity contribution >= 4 is 21.7 Å². The molecule has 1 fully saturated rings. The monoisotopic (exact) mass is 282 g/mol. The first-order valence-electron chi connectivity index (χ1n) is 5.60. The van der Waals surface area contributed by atoms with Gasteiger partial charge in [-0.1, -0.05) is 6.92 Å². The van der Waals surface area contributed by atoms with E-state index in [0.717, 1.165) is 22.2 Å². The average molecular weight is 283 g/mol. The van der Waals surface area contributed by atoms with Crippen molar-refractivity contribution in [3.8, 4) is 5.75 Å². The van der Waals surface area contributed by atoms with Gasteiger partial charge in [0.05, 0.1) is 11.1 Å². The number of carbonyl (C=O) groups excluding carboxylic acids is 1. The number of halogens is 1. The van der Waals surface area contributed by atoms with E-state index in [-0.39, 0.29) is 11.7 Å². The fraction of sp³-hybridized carbons (Fsp3) is 0.462. The van der Waals surface area contributed by atoms with Crippen molar-refractivity contribution < 1.29 is 9.53 Å². The molecule has 0 spiro atoms. The molecule has 2 atom stereocenters. The van der Waals surface area contributed by atoms with Crippen LogP contribution in [-0.4, -0.2) is 12.4 Å². The fourth-order valence-corrected chi connectivity index (χ4v) is 2.32. The molecule has 0 aromatic heterocycles. The molecule has 1 saturated carbocycles. The van der Waals surface area contributed by atoms with Gasteiger partial charge in [0.15, 0.2) is 5.78 Å². The Labute approximate surface area is 104 Å². The molecular formula is C13H15BrO2. The van der Waals surface area contributed by atoms with Crippen LogP contribution >= 0.6 is 15.9 Å². The van der Waals surface area contributed by atoms with E-state index in [2.05, 4.69) is 22.9 Å². The number of hydrogen-bond donors (Lipinski definition) is 0. The van der Waals surface area contributed by atoms with Crippen LogP contribution in [0.2, 0.25) is 0 Å². The highest BCUT2D eigenvalue weighted by molar-refractivity contribution is 9.10. The lowest BCUT2D eigenvalue weighted by atomic mass is 10.1. The maximum Gasteiger partial charge on any atom is 0.166 e. The Kier molecular flexibility index (Phi) is 3.33. The molecule has 2 rings (SSSR count). The summed E-state index contributed by atoms with van der Waals surface area (Å²) in [6.07, 6.45) is 1.03. The average Bonchev–Trinajstić information content (AvgIpc) is 2.98. The third kappa shape index (κ3) is 2.29. The van der Waals surface area contributed by atoms with Gasteiger partial charge < -0.3 is 4.74 Å². The second-order valence-electron chi connectivity index (χ2n) is 4.26. The molecule has 0 heterocycles. The van der Waals surface area contributed by atoms with Crippen LogP contribution in [0.3, 0.4) is 0 Å². The lowest BCUT2D eigenvalue weighted by Gasteiger charge is -2.07. The molecule has 1 aromatic carbocycles. The van der Waals surface area contributed by atoms with Gasteiger partial charge in [0.2, 0.25) is 0 Å². The SMILES string of the molecule is CCOc1ccc(C(=O)C2CC2C)cc1Br. The molecule has 0 saturated heterocycles. The van der Waals surface area contributed by atoms with Crippen molar-refractivity contribution in [1.29, 1.82) is 0 Å². The lowest BCUT2D eigenvalue weighted by Crippen LogP contribution is -2.03. The van der Waals surface area contributed by atoms with Crippen LogP contribution < -0.4 is 4.74 Å². The van der Waals surface area contributed by atoms with Crippen LogP contribution in [0.5, 0.6) is 5.75 Å². The van der Waals surface area contributed by atoms with Crippen molar-refractivity contribution in [2.75, 3.05) is 6.61 Å². The summed E-state index contributed by atoms with van der Waals surface area (Å²) in [5, 5.41) is 0. The zero-order chi connectivity index (χ0) is 11.7. The Hall–Kier alpha value is -0.830. The van der Waals surface area contributed by atoms with E-state index < -0.39 is 0 Å². The minimum atomic E-state index is 0.241. The minimum absolute atomic E-state index is 0.241. The molecular weight excluding hydrogens is 268 g/mol. The Bertz CT molecular complexity index is 414. The van der Waals surface area contributed by atoms with Crippen molar-refractivity contribution in [3.63, 3.8) is 0 Å². The Morgan fingerprint density at radius 3 is 2.75 bits per heavy atom. The summed E-state index contributed by atoms with van der Waals surface area (Å²) in [6, 6.07) is 5.56. The maximum atomic E-state index is 12.0. The lowest BCUT2D eigenvalue weighted by molar-refractivity contribution is 0.0962. The Morgan fingerprint density at radius 2 is 2.25 bits per heavy atom. The Morgan fingerprint density at radius 1 is 1.56 bits per heavy atom. The van der Waals surface area contributed by atoms with Crippen molar-refractivity contribution in [1.82, 2.24) is 0 Å². The van der Waals surface area contributed by atoms with E-state index in [4.69, 9.17) is 4.74 Å². The largest absolute Gasteiger partial charge is 0.493 e. The maximum absolute atomic E-state index is 12.0. The summed E-state index contributed by atoms with van der Waals surface area (Å²) in [4.78, 5) is 12.0. The molecule has 1 aromatic rings. The first kappa shape index (κ1) is 11.6. The number of ether oxygens (including phenoxy) is 1. The van der Waals surface area contributed by atoms with Gasteiger partial charge in [0.1, 0.15) is 5.75 Å². The number of carbonyl (C=O) groups is 1. The second-order valence-corrected chi connectivity index (χ2v) is 5.12. The summed E-state index contributed by atoms with van der Waals surface area (Å²) in [5.41, 5.74) is 0.782. The highest BCUT2D eigenvalue weighted by Gasteiger charge is 2.39. The Balaban J connectivity index is 2.17. The van der Waals surface area contributed by atoms with Crippen LogP contribution in [0.1, 0.15) is 30.6 Å². The molecule has 3 heteroatoms. The summed E-state index contributed by atoms with van der Waals surface area (Å²) in [5.74, 6) is 1.85. The van der Waals surface area contributed by atoms with Crippen LogP contribution in [0, 0.1) is 11.8 Å². The van der Waals surface area contributed by atoms with Gasteiger partial charge in [-0.15, -0.1) is 0 Å². The minimum Gasteiger partial charge on any atom is -0.493 e. The van der Waals surface area contributed by atoms with Gasteiger partial charge in [-0.25, -0.2) is 0 Å². The zero-order valence-electron chi connectivity index (χ0n) is 9.50. The van der Waals surface area contributed by atoms with E-state index in [1.54, 1.807) is 0 Å². The molecule has 1 aliphatic rings. The predicted molar refractivity (Wildman–Crippen MR) is 66.9 cm³/mol. The number of benzene rings is 1. The molecule has 2 unspecified atom stereocenters. The van der Waals surface area contributed by atoms with Crippen LogP contribution in [0.15, 0.2) is 22.7 Å². The first-order chi connectivity index (χ1) is 7.63. The fourth-order valence-electron chi connectivity index (χ4n) is 1.83. The van der Waals surface area contributed by atoms with Crippen LogP contribution in [0.4, 0.5) is 0 Å². The van der Waals surface area contributed by atoms with Gasteiger partial charge in [-0.2, -0.15) is 0 Å². The highest BCUT2D eigenvalue weighted by atomic mass is 79.9. The standard InChI is InChI=1S/C13H15BrO2/c1-3-16-12-5-4-9(7-11(12)14)13(15)10-6-8(10)2/h4-5,7-8,10H,3,6H2,1-2H3. The van der Waals surface area contributed by atoms with Gasteiger partial charge in [-0.05, 0) is 53.4 Å². The normalized spacial score (nSPS) is 22.9. The quantitative estimate of drug-likeness (QED) is 0.788. The van der Waals surface area contributed by atoms with E-state index >= 15 is 0 Å². The molecule has 1 aliphatic carbocycles. The smallest absolute Gasteiger partial charge is 0.166 e. The number of ketones is 1. The van der Waals surface area contributed by atoms with E-state index in [9.17, 15) is 4.79 Å². The molecule has 0 N–H and O–H groups in total. The molecule has 0 radical (unpaired) electrons. The number of Topliss-reactive ketones (excluding diaryl/α,β-unsaturated/α-hetero) is 1. The summed E-state index contributed by atoms with van der Waals surface area (Å²) >= 11 is 3.42. The molecule has 0 amide bonds. The van der Waals surface area contributed by atoms with Crippen molar-refractivity contribution in [2.45, 2.75) is 20.3 Å². The van der Waals surface area contributed by atoms with Crippen molar-refractivity contribution in [2.24, 2.45) is 11.8 Å². The molecule has 0 aliphatic heterocycles. The predicted octanol–water partition coefficient (Wildman–Crippen LogP) is 3.69. The van der Waals surface area contributed by atoms with Gasteiger partial charge in [0.25, 0.3) is 0 Å². The first-order valence-corrected chi connectivity index (χ1v) is 6.39. The molecule has 16 heavy (non-hydrogen) atoms. The molecule has 0 bridgehead atoms. The van der Waals surface area contributed by atoms with Gasteiger partial charge in [0, 0.05) is 11.5 Å².